The van der Waals surface area contributed by atoms with Crippen molar-refractivity contribution in [3.8, 4) is 5.82 Å². The molecule has 0 saturated carbocycles. The van der Waals surface area contributed by atoms with Crippen LogP contribution in [0.25, 0.3) is 5.82 Å². The van der Waals surface area contributed by atoms with Crippen LogP contribution < -0.4 is 5.56 Å². The summed E-state index contributed by atoms with van der Waals surface area (Å²) in [5.41, 5.74) is 1.32. The van der Waals surface area contributed by atoms with E-state index in [1.54, 1.807) is 27.8 Å². The van der Waals surface area contributed by atoms with E-state index in [4.69, 9.17) is 0 Å². The van der Waals surface area contributed by atoms with Gasteiger partial charge in [0.05, 0.1) is 0 Å². The fraction of sp³-hybridized carbons (Fsp3) is 0.421. The van der Waals surface area contributed by atoms with E-state index in [0.717, 1.165) is 18.5 Å². The van der Waals surface area contributed by atoms with Gasteiger partial charge in [0.1, 0.15) is 0 Å². The molecule has 1 aliphatic rings. The van der Waals surface area contributed by atoms with E-state index in [1.807, 2.05) is 31.0 Å². The molecule has 28 heavy (non-hydrogen) atoms. The Kier molecular flexibility index (Phi) is 4.81. The summed E-state index contributed by atoms with van der Waals surface area (Å²) >= 11 is 0. The van der Waals surface area contributed by atoms with Crippen LogP contribution in [-0.2, 0) is 13.6 Å². The Balaban J connectivity index is 1.40. The van der Waals surface area contributed by atoms with E-state index in [1.165, 1.54) is 10.7 Å². The van der Waals surface area contributed by atoms with Crippen molar-refractivity contribution in [2.24, 2.45) is 13.0 Å². The second-order valence-electron chi connectivity index (χ2n) is 7.19. The molecule has 0 N–H and O–H groups in total. The zero-order chi connectivity index (χ0) is 19.7. The Labute approximate surface area is 162 Å². The molecule has 0 aromatic carbocycles. The fourth-order valence-corrected chi connectivity index (χ4v) is 3.49. The minimum absolute atomic E-state index is 0.0295. The number of likely N-dealkylation sites (tertiary alicyclic amines) is 1. The lowest BCUT2D eigenvalue weighted by Gasteiger charge is -2.31. The van der Waals surface area contributed by atoms with Crippen LogP contribution in [0.3, 0.4) is 0 Å². The van der Waals surface area contributed by atoms with Crippen molar-refractivity contribution >= 4 is 5.91 Å². The summed E-state index contributed by atoms with van der Waals surface area (Å²) < 4.78 is 4.85. The summed E-state index contributed by atoms with van der Waals surface area (Å²) in [4.78, 5) is 26.7. The number of rotatable bonds is 4. The highest BCUT2D eigenvalue weighted by atomic mass is 16.2. The van der Waals surface area contributed by atoms with E-state index >= 15 is 0 Å². The minimum atomic E-state index is -0.127. The first-order chi connectivity index (χ1) is 13.5. The maximum atomic E-state index is 12.6. The monoisotopic (exact) mass is 381 g/mol. The number of aromatic nitrogens is 6. The molecular formula is C19H23N7O2. The van der Waals surface area contributed by atoms with Gasteiger partial charge in [0.2, 0.25) is 0 Å². The van der Waals surface area contributed by atoms with Crippen LogP contribution in [-0.4, -0.2) is 53.2 Å². The lowest BCUT2D eigenvalue weighted by atomic mass is 9.96. The minimum Gasteiger partial charge on any atom is -0.337 e. The molecule has 1 aliphatic heterocycles. The van der Waals surface area contributed by atoms with Crippen LogP contribution in [0.1, 0.15) is 29.0 Å². The zero-order valence-corrected chi connectivity index (χ0v) is 16.0. The van der Waals surface area contributed by atoms with Crippen molar-refractivity contribution in [1.29, 1.82) is 0 Å². The first-order valence-corrected chi connectivity index (χ1v) is 9.39. The maximum absolute atomic E-state index is 12.6. The maximum Gasteiger partial charge on any atom is 0.274 e. The molecule has 4 rings (SSSR count). The van der Waals surface area contributed by atoms with Gasteiger partial charge in [-0.25, -0.2) is 9.36 Å². The number of nitrogens with zero attached hydrogens (tertiary/aromatic N) is 7. The number of carbonyl (C=O) groups excluding carboxylic acids is 1. The van der Waals surface area contributed by atoms with Crippen molar-refractivity contribution in [3.63, 3.8) is 0 Å². The van der Waals surface area contributed by atoms with Gasteiger partial charge in [-0.3, -0.25) is 14.3 Å². The standard InChI is InChI=1S/C19H23N7O2/c1-14-12-16(21-23(14)2)19(28)24-10-6-15(7-11-24)13-26-18(27)5-4-17(22-26)25-9-3-8-20-25/h3-5,8-9,12,15H,6-7,10-11,13H2,1-2H3. The van der Waals surface area contributed by atoms with Crippen LogP contribution in [0, 0.1) is 12.8 Å². The molecular weight excluding hydrogens is 358 g/mol. The smallest absolute Gasteiger partial charge is 0.274 e. The molecule has 3 aromatic heterocycles. The molecule has 3 aromatic rings. The average molecular weight is 381 g/mol. The van der Waals surface area contributed by atoms with Crippen LogP contribution in [0.15, 0.2) is 41.5 Å². The quantitative estimate of drug-likeness (QED) is 0.673. The van der Waals surface area contributed by atoms with Gasteiger partial charge in [-0.15, -0.1) is 5.10 Å². The molecule has 1 saturated heterocycles. The van der Waals surface area contributed by atoms with E-state index in [2.05, 4.69) is 15.3 Å². The Morgan fingerprint density at radius 3 is 2.64 bits per heavy atom. The van der Waals surface area contributed by atoms with Gasteiger partial charge in [-0.05, 0) is 43.9 Å². The summed E-state index contributed by atoms with van der Waals surface area (Å²) in [5.74, 6) is 0.883. The van der Waals surface area contributed by atoms with Crippen molar-refractivity contribution in [3.05, 3.63) is 58.4 Å². The van der Waals surface area contributed by atoms with Crippen molar-refractivity contribution < 1.29 is 4.79 Å². The fourth-order valence-electron chi connectivity index (χ4n) is 3.49. The summed E-state index contributed by atoms with van der Waals surface area (Å²) in [6.07, 6.45) is 5.13. The molecule has 0 aliphatic carbocycles. The van der Waals surface area contributed by atoms with Gasteiger partial charge in [0.25, 0.3) is 11.5 Å². The zero-order valence-electron chi connectivity index (χ0n) is 16.0. The molecule has 9 nitrogen and oxygen atoms in total. The van der Waals surface area contributed by atoms with Gasteiger partial charge in [0, 0.05) is 50.8 Å². The molecule has 0 spiro atoms. The first-order valence-electron chi connectivity index (χ1n) is 9.39. The van der Waals surface area contributed by atoms with E-state index in [-0.39, 0.29) is 11.5 Å². The number of hydrogen-bond donors (Lipinski definition) is 0. The third kappa shape index (κ3) is 3.60. The Morgan fingerprint density at radius 1 is 1.21 bits per heavy atom. The van der Waals surface area contributed by atoms with Gasteiger partial charge in [-0.1, -0.05) is 0 Å². The number of piperidine rings is 1. The van der Waals surface area contributed by atoms with Crippen LogP contribution >= 0.6 is 0 Å². The predicted octanol–water partition coefficient (Wildman–Crippen LogP) is 1.02. The first kappa shape index (κ1) is 18.1. The summed E-state index contributed by atoms with van der Waals surface area (Å²) in [6.45, 7) is 3.79. The van der Waals surface area contributed by atoms with E-state index in [9.17, 15) is 9.59 Å². The van der Waals surface area contributed by atoms with Gasteiger partial charge in [-0.2, -0.15) is 10.2 Å². The SMILES string of the molecule is Cc1cc(C(=O)N2CCC(Cn3nc(-n4cccn4)ccc3=O)CC2)nn1C. The van der Waals surface area contributed by atoms with Crippen molar-refractivity contribution in [1.82, 2.24) is 34.2 Å². The van der Waals surface area contributed by atoms with Gasteiger partial charge >= 0.3 is 0 Å². The topological polar surface area (TPSA) is 90.8 Å². The van der Waals surface area contributed by atoms with Crippen molar-refractivity contribution in [2.75, 3.05) is 13.1 Å². The second kappa shape index (κ2) is 7.41. The molecule has 0 atom stereocenters. The molecule has 0 bridgehead atoms. The Morgan fingerprint density at radius 2 is 2.00 bits per heavy atom. The third-order valence-electron chi connectivity index (χ3n) is 5.26. The van der Waals surface area contributed by atoms with E-state index in [0.29, 0.717) is 37.1 Å². The molecule has 1 fully saturated rings. The molecule has 9 heteroatoms. The van der Waals surface area contributed by atoms with Gasteiger partial charge in [0.15, 0.2) is 11.5 Å². The number of carbonyl (C=O) groups is 1. The molecule has 4 heterocycles. The van der Waals surface area contributed by atoms with Crippen LogP contribution in [0.2, 0.25) is 0 Å². The summed E-state index contributed by atoms with van der Waals surface area (Å²) in [5, 5.41) is 12.9. The Hall–Kier alpha value is -3.23. The molecule has 0 unspecified atom stereocenters. The Bertz CT molecular complexity index is 1010. The average Bonchev–Trinajstić information content (AvgIpc) is 3.34. The molecule has 1 amide bonds. The summed E-state index contributed by atoms with van der Waals surface area (Å²) in [6, 6.07) is 6.82. The number of amides is 1. The number of hydrogen-bond acceptors (Lipinski definition) is 5. The highest BCUT2D eigenvalue weighted by Crippen LogP contribution is 2.20. The van der Waals surface area contributed by atoms with Gasteiger partial charge < -0.3 is 4.90 Å². The molecule has 146 valence electrons. The van der Waals surface area contributed by atoms with Crippen LogP contribution in [0.5, 0.6) is 0 Å². The molecule has 0 radical (unpaired) electrons. The third-order valence-corrected chi connectivity index (χ3v) is 5.26. The van der Waals surface area contributed by atoms with Crippen molar-refractivity contribution in [2.45, 2.75) is 26.3 Å². The lowest BCUT2D eigenvalue weighted by molar-refractivity contribution is 0.0673. The van der Waals surface area contributed by atoms with E-state index < -0.39 is 0 Å². The highest BCUT2D eigenvalue weighted by Gasteiger charge is 2.26. The van der Waals surface area contributed by atoms with Crippen LogP contribution in [0.4, 0.5) is 0 Å². The summed E-state index contributed by atoms with van der Waals surface area (Å²) in [7, 11) is 1.83. The predicted molar refractivity (Wildman–Crippen MR) is 102 cm³/mol. The lowest BCUT2D eigenvalue weighted by Crippen LogP contribution is -2.40. The normalized spacial score (nSPS) is 15.1. The number of aryl methyl sites for hydroxylation is 2. The largest absolute Gasteiger partial charge is 0.337 e. The second-order valence-corrected chi connectivity index (χ2v) is 7.19. The highest BCUT2D eigenvalue weighted by molar-refractivity contribution is 5.92.